The zero-order chi connectivity index (χ0) is 11.6. The molecule has 15 heavy (non-hydrogen) atoms. The highest BCUT2D eigenvalue weighted by Crippen LogP contribution is 2.10. The van der Waals surface area contributed by atoms with E-state index in [4.69, 9.17) is 5.11 Å². The van der Waals surface area contributed by atoms with E-state index in [1.807, 2.05) is 0 Å². The molecule has 1 aromatic rings. The van der Waals surface area contributed by atoms with Crippen LogP contribution in [-0.4, -0.2) is 40.1 Å². The number of aryl methyl sites for hydroxylation is 1. The van der Waals surface area contributed by atoms with Crippen LogP contribution in [0.5, 0.6) is 0 Å². The van der Waals surface area contributed by atoms with Crippen molar-refractivity contribution in [2.45, 2.75) is 19.9 Å². The number of hydrogen-bond donors (Lipinski definition) is 1. The number of likely N-dealkylation sites (N-methyl/N-ethyl adjacent to an activating group) is 1. The van der Waals surface area contributed by atoms with Gasteiger partial charge in [-0.1, -0.05) is 5.16 Å². The smallest absolute Gasteiger partial charge is 0.326 e. The molecule has 0 spiro atoms. The average Bonchev–Trinajstić information content (AvgIpc) is 2.60. The molecule has 1 unspecified atom stereocenters. The number of rotatable bonds is 3. The molecule has 0 aliphatic carbocycles. The number of aliphatic carboxylic acids is 1. The van der Waals surface area contributed by atoms with Crippen LogP contribution in [-0.2, 0) is 4.79 Å². The molecule has 0 radical (unpaired) electrons. The summed E-state index contributed by atoms with van der Waals surface area (Å²) in [6.45, 7) is 3.05. The van der Waals surface area contributed by atoms with E-state index in [0.29, 0.717) is 5.69 Å². The second-order valence-electron chi connectivity index (χ2n) is 3.24. The molecule has 6 heteroatoms. The van der Waals surface area contributed by atoms with E-state index in [-0.39, 0.29) is 5.56 Å². The molecule has 6 nitrogen and oxygen atoms in total. The molecule has 0 saturated heterocycles. The molecule has 0 aliphatic rings. The third kappa shape index (κ3) is 2.15. The number of carboxylic acid groups (broad SMARTS) is 1. The van der Waals surface area contributed by atoms with Crippen LogP contribution in [0.3, 0.4) is 0 Å². The minimum atomic E-state index is -1.06. The highest BCUT2D eigenvalue weighted by Gasteiger charge is 2.25. The summed E-state index contributed by atoms with van der Waals surface area (Å²) in [4.78, 5) is 23.5. The average molecular weight is 212 g/mol. The number of hydrogen-bond acceptors (Lipinski definition) is 4. The van der Waals surface area contributed by atoms with Gasteiger partial charge in [0.2, 0.25) is 0 Å². The lowest BCUT2D eigenvalue weighted by Crippen LogP contribution is -2.40. The molecule has 1 N–H and O–H groups in total. The van der Waals surface area contributed by atoms with E-state index in [9.17, 15) is 9.59 Å². The van der Waals surface area contributed by atoms with Crippen LogP contribution in [0.1, 0.15) is 23.0 Å². The molecule has 1 rings (SSSR count). The molecule has 1 amide bonds. The van der Waals surface area contributed by atoms with Crippen LogP contribution in [0.15, 0.2) is 10.8 Å². The fraction of sp³-hybridized carbons (Fsp3) is 0.444. The largest absolute Gasteiger partial charge is 0.480 e. The Bertz CT molecular complexity index is 385. The third-order valence-electron chi connectivity index (χ3n) is 2.24. The zero-order valence-electron chi connectivity index (χ0n) is 8.72. The van der Waals surface area contributed by atoms with Gasteiger partial charge in [0, 0.05) is 7.05 Å². The molecule has 1 atom stereocenters. The number of amides is 1. The predicted molar refractivity (Wildman–Crippen MR) is 50.4 cm³/mol. The summed E-state index contributed by atoms with van der Waals surface area (Å²) in [7, 11) is 1.42. The van der Waals surface area contributed by atoms with Gasteiger partial charge >= 0.3 is 5.97 Å². The van der Waals surface area contributed by atoms with Crippen molar-refractivity contribution in [2.24, 2.45) is 0 Å². The minimum Gasteiger partial charge on any atom is -0.480 e. The van der Waals surface area contributed by atoms with Crippen molar-refractivity contribution in [3.05, 3.63) is 17.5 Å². The van der Waals surface area contributed by atoms with Crippen LogP contribution in [0.25, 0.3) is 0 Å². The van der Waals surface area contributed by atoms with E-state index in [1.165, 1.54) is 20.2 Å². The van der Waals surface area contributed by atoms with Gasteiger partial charge in [0.25, 0.3) is 5.91 Å². The first-order valence-corrected chi connectivity index (χ1v) is 4.36. The van der Waals surface area contributed by atoms with Crippen molar-refractivity contribution in [1.29, 1.82) is 0 Å². The van der Waals surface area contributed by atoms with E-state index in [1.54, 1.807) is 6.92 Å². The first kappa shape index (κ1) is 11.2. The summed E-state index contributed by atoms with van der Waals surface area (Å²) in [6, 6.07) is -0.883. The lowest BCUT2D eigenvalue weighted by atomic mass is 10.2. The fourth-order valence-corrected chi connectivity index (χ4v) is 1.03. The summed E-state index contributed by atoms with van der Waals surface area (Å²) in [5.74, 6) is -1.47. The van der Waals surface area contributed by atoms with E-state index in [0.717, 1.165) is 4.90 Å². The van der Waals surface area contributed by atoms with Crippen LogP contribution in [0.4, 0.5) is 0 Å². The molecule has 0 bridgehead atoms. The van der Waals surface area contributed by atoms with Crippen molar-refractivity contribution in [2.75, 3.05) is 7.05 Å². The van der Waals surface area contributed by atoms with Crippen LogP contribution < -0.4 is 0 Å². The quantitative estimate of drug-likeness (QED) is 0.790. The topological polar surface area (TPSA) is 83.6 Å². The van der Waals surface area contributed by atoms with Crippen molar-refractivity contribution >= 4 is 11.9 Å². The molecule has 0 saturated carbocycles. The maximum atomic E-state index is 11.7. The van der Waals surface area contributed by atoms with Gasteiger partial charge in [-0.2, -0.15) is 0 Å². The lowest BCUT2D eigenvalue weighted by molar-refractivity contribution is -0.141. The first-order chi connectivity index (χ1) is 6.95. The minimum absolute atomic E-state index is 0.283. The number of carboxylic acids is 1. The number of nitrogens with zero attached hydrogens (tertiary/aromatic N) is 2. The highest BCUT2D eigenvalue weighted by atomic mass is 16.5. The van der Waals surface area contributed by atoms with Crippen LogP contribution >= 0.6 is 0 Å². The number of aromatic nitrogens is 1. The van der Waals surface area contributed by atoms with Gasteiger partial charge in [0.15, 0.2) is 0 Å². The van der Waals surface area contributed by atoms with Gasteiger partial charge < -0.3 is 14.5 Å². The fourth-order valence-electron chi connectivity index (χ4n) is 1.03. The maximum Gasteiger partial charge on any atom is 0.326 e. The number of carbonyl (C=O) groups is 2. The first-order valence-electron chi connectivity index (χ1n) is 4.36. The maximum absolute atomic E-state index is 11.7. The summed E-state index contributed by atoms with van der Waals surface area (Å²) in [5, 5.41) is 12.3. The van der Waals surface area contributed by atoms with Crippen molar-refractivity contribution in [1.82, 2.24) is 10.1 Å². The molecule has 0 aromatic carbocycles. The van der Waals surface area contributed by atoms with E-state index < -0.39 is 17.9 Å². The molecule has 82 valence electrons. The van der Waals surface area contributed by atoms with Gasteiger partial charge in [0.1, 0.15) is 17.9 Å². The standard InChI is InChI=1S/C9H12N2O4/c1-5-7(4-15-10-5)8(12)11(3)6(2)9(13)14/h4,6H,1-3H3,(H,13,14). The Morgan fingerprint density at radius 1 is 1.60 bits per heavy atom. The molecule has 0 fully saturated rings. The Morgan fingerprint density at radius 2 is 2.20 bits per heavy atom. The highest BCUT2D eigenvalue weighted by molar-refractivity contribution is 5.96. The predicted octanol–water partition coefficient (Wildman–Crippen LogP) is 0.528. The molecule has 1 heterocycles. The zero-order valence-corrected chi connectivity index (χ0v) is 8.72. The van der Waals surface area contributed by atoms with Crippen molar-refractivity contribution < 1.29 is 19.2 Å². The Morgan fingerprint density at radius 3 is 2.60 bits per heavy atom. The molecule has 1 aromatic heterocycles. The SMILES string of the molecule is Cc1nocc1C(=O)N(C)C(C)C(=O)O. The molecular formula is C9H12N2O4. The number of carbonyl (C=O) groups excluding carboxylic acids is 1. The third-order valence-corrected chi connectivity index (χ3v) is 2.24. The van der Waals surface area contributed by atoms with E-state index >= 15 is 0 Å². The lowest BCUT2D eigenvalue weighted by Gasteiger charge is -2.20. The Labute approximate surface area is 86.5 Å². The summed E-state index contributed by atoms with van der Waals surface area (Å²) in [6.07, 6.45) is 1.21. The molecular weight excluding hydrogens is 200 g/mol. The Hall–Kier alpha value is -1.85. The van der Waals surface area contributed by atoms with Crippen molar-refractivity contribution in [3.63, 3.8) is 0 Å². The van der Waals surface area contributed by atoms with Gasteiger partial charge in [0.05, 0.1) is 5.69 Å². The van der Waals surface area contributed by atoms with E-state index in [2.05, 4.69) is 9.68 Å². The second-order valence-corrected chi connectivity index (χ2v) is 3.24. The van der Waals surface area contributed by atoms with Crippen molar-refractivity contribution in [3.8, 4) is 0 Å². The Balaban J connectivity index is 2.86. The molecule has 0 aliphatic heterocycles. The van der Waals surface area contributed by atoms with Crippen LogP contribution in [0.2, 0.25) is 0 Å². The second kappa shape index (κ2) is 4.12. The van der Waals surface area contributed by atoms with Gasteiger partial charge in [-0.3, -0.25) is 4.79 Å². The summed E-state index contributed by atoms with van der Waals surface area (Å²) in [5.41, 5.74) is 0.732. The van der Waals surface area contributed by atoms with Gasteiger partial charge in [-0.25, -0.2) is 4.79 Å². The van der Waals surface area contributed by atoms with Gasteiger partial charge in [-0.05, 0) is 13.8 Å². The normalized spacial score (nSPS) is 12.2. The monoisotopic (exact) mass is 212 g/mol. The summed E-state index contributed by atoms with van der Waals surface area (Å²) < 4.78 is 4.61. The van der Waals surface area contributed by atoms with Gasteiger partial charge in [-0.15, -0.1) is 0 Å². The summed E-state index contributed by atoms with van der Waals surface area (Å²) >= 11 is 0. The van der Waals surface area contributed by atoms with Crippen LogP contribution in [0, 0.1) is 6.92 Å². The Kier molecular flexibility index (Phi) is 3.08.